The molecule has 0 aliphatic carbocycles. The van der Waals surface area contributed by atoms with E-state index in [-0.39, 0.29) is 17.4 Å². The predicted octanol–water partition coefficient (Wildman–Crippen LogP) is 3.08. The molecular formula is C15H29NO4. The Bertz CT molecular complexity index is 326. The Morgan fingerprint density at radius 1 is 0.900 bits per heavy atom. The van der Waals surface area contributed by atoms with Crippen LogP contribution in [0.4, 0.5) is 4.79 Å². The van der Waals surface area contributed by atoms with E-state index in [0.29, 0.717) is 19.8 Å². The first-order chi connectivity index (χ1) is 8.94. The summed E-state index contributed by atoms with van der Waals surface area (Å²) in [6.07, 6.45) is -0.477. The molecule has 0 bridgehead atoms. The third-order valence-electron chi connectivity index (χ3n) is 2.25. The van der Waals surface area contributed by atoms with E-state index in [0.717, 1.165) is 0 Å². The molecule has 0 heterocycles. The van der Waals surface area contributed by atoms with Gasteiger partial charge in [-0.05, 0) is 17.8 Å². The van der Waals surface area contributed by atoms with Crippen LogP contribution in [-0.4, -0.2) is 43.3 Å². The topological polar surface area (TPSA) is 55.8 Å². The van der Waals surface area contributed by atoms with Gasteiger partial charge in [0, 0.05) is 6.54 Å². The summed E-state index contributed by atoms with van der Waals surface area (Å²) in [5.74, 6) is -0.408. The molecule has 5 heteroatoms. The minimum atomic E-state index is -0.477. The number of likely N-dealkylation sites (N-methyl/N-ethyl adjacent to an activating group) is 1. The molecule has 0 unspecified atom stereocenters. The highest BCUT2D eigenvalue weighted by Crippen LogP contribution is 2.14. The lowest BCUT2D eigenvalue weighted by Gasteiger charge is -2.24. The van der Waals surface area contributed by atoms with Crippen molar-refractivity contribution in [2.45, 2.75) is 48.5 Å². The highest BCUT2D eigenvalue weighted by atomic mass is 16.6. The van der Waals surface area contributed by atoms with Gasteiger partial charge in [0.2, 0.25) is 0 Å². The number of hydrogen-bond donors (Lipinski definition) is 0. The molecule has 0 N–H and O–H groups in total. The zero-order chi connectivity index (χ0) is 16.0. The van der Waals surface area contributed by atoms with Gasteiger partial charge in [0.15, 0.2) is 0 Å². The van der Waals surface area contributed by atoms with Crippen molar-refractivity contribution in [3.8, 4) is 0 Å². The van der Waals surface area contributed by atoms with Crippen LogP contribution in [0.3, 0.4) is 0 Å². The van der Waals surface area contributed by atoms with Crippen LogP contribution >= 0.6 is 0 Å². The van der Waals surface area contributed by atoms with Crippen LogP contribution in [0.25, 0.3) is 0 Å². The van der Waals surface area contributed by atoms with Crippen molar-refractivity contribution in [1.29, 1.82) is 0 Å². The summed E-state index contributed by atoms with van der Waals surface area (Å²) in [7, 11) is 0. The number of rotatable bonds is 5. The Hall–Kier alpha value is -1.26. The van der Waals surface area contributed by atoms with Gasteiger partial charge in [-0.2, -0.15) is 0 Å². The number of ether oxygens (including phenoxy) is 2. The van der Waals surface area contributed by atoms with Gasteiger partial charge >= 0.3 is 12.1 Å². The van der Waals surface area contributed by atoms with Crippen molar-refractivity contribution in [3.05, 3.63) is 0 Å². The molecule has 1 amide bonds. The van der Waals surface area contributed by atoms with E-state index in [9.17, 15) is 9.59 Å². The molecule has 0 aromatic rings. The third kappa shape index (κ3) is 9.64. The second kappa shape index (κ2) is 7.50. The van der Waals surface area contributed by atoms with Gasteiger partial charge in [0.1, 0.15) is 6.54 Å². The smallest absolute Gasteiger partial charge is 0.410 e. The predicted molar refractivity (Wildman–Crippen MR) is 78.5 cm³/mol. The van der Waals surface area contributed by atoms with E-state index in [1.807, 2.05) is 41.5 Å². The maximum absolute atomic E-state index is 11.9. The molecule has 0 rings (SSSR count). The van der Waals surface area contributed by atoms with Crippen LogP contribution < -0.4 is 0 Å². The highest BCUT2D eigenvalue weighted by Gasteiger charge is 2.21. The summed E-state index contributed by atoms with van der Waals surface area (Å²) in [6, 6.07) is 0. The number of hydrogen-bond acceptors (Lipinski definition) is 4. The van der Waals surface area contributed by atoms with Crippen molar-refractivity contribution < 1.29 is 19.1 Å². The van der Waals surface area contributed by atoms with E-state index in [2.05, 4.69) is 0 Å². The van der Waals surface area contributed by atoms with Crippen LogP contribution in [0, 0.1) is 10.8 Å². The van der Waals surface area contributed by atoms with Crippen molar-refractivity contribution >= 4 is 12.1 Å². The van der Waals surface area contributed by atoms with Gasteiger partial charge < -0.3 is 9.47 Å². The molecule has 0 saturated carbocycles. The second-order valence-corrected chi connectivity index (χ2v) is 7.35. The van der Waals surface area contributed by atoms with Crippen molar-refractivity contribution in [2.75, 3.05) is 26.3 Å². The Balaban J connectivity index is 4.26. The minimum Gasteiger partial charge on any atom is -0.464 e. The molecule has 0 spiro atoms. The molecule has 0 aromatic heterocycles. The number of carbonyl (C=O) groups excluding carboxylic acids is 2. The van der Waals surface area contributed by atoms with E-state index in [1.54, 1.807) is 6.92 Å². The zero-order valence-electron chi connectivity index (χ0n) is 13.9. The molecule has 0 atom stereocenters. The van der Waals surface area contributed by atoms with Crippen LogP contribution in [0.5, 0.6) is 0 Å². The number of esters is 1. The molecule has 0 aliphatic heterocycles. The fourth-order valence-electron chi connectivity index (χ4n) is 1.17. The number of carbonyl (C=O) groups is 2. The first kappa shape index (κ1) is 18.7. The van der Waals surface area contributed by atoms with Crippen molar-refractivity contribution in [3.63, 3.8) is 0 Å². The lowest BCUT2D eigenvalue weighted by atomic mass is 9.99. The second-order valence-electron chi connectivity index (χ2n) is 7.35. The summed E-state index contributed by atoms with van der Waals surface area (Å²) >= 11 is 0. The summed E-state index contributed by atoms with van der Waals surface area (Å²) in [6.45, 7) is 14.7. The molecule has 5 nitrogen and oxygen atoms in total. The standard InChI is InChI=1S/C15H29NO4/c1-8-16(13(18)20-11-15(5,6)7)9-12(17)19-10-14(2,3)4/h8-11H2,1-7H3. The molecule has 20 heavy (non-hydrogen) atoms. The summed E-state index contributed by atoms with van der Waals surface area (Å²) in [5, 5.41) is 0. The molecule has 0 aliphatic rings. The van der Waals surface area contributed by atoms with Gasteiger partial charge in [0.25, 0.3) is 0 Å². The van der Waals surface area contributed by atoms with Crippen LogP contribution in [0.2, 0.25) is 0 Å². The lowest BCUT2D eigenvalue weighted by Crippen LogP contribution is -2.38. The minimum absolute atomic E-state index is 0.0739. The van der Waals surface area contributed by atoms with Crippen LogP contribution in [0.15, 0.2) is 0 Å². The molecule has 118 valence electrons. The molecule has 0 saturated heterocycles. The SMILES string of the molecule is CCN(CC(=O)OCC(C)(C)C)C(=O)OCC(C)(C)C. The van der Waals surface area contributed by atoms with Gasteiger partial charge in [0.05, 0.1) is 13.2 Å². The van der Waals surface area contributed by atoms with E-state index in [4.69, 9.17) is 9.47 Å². The Morgan fingerprint density at radius 2 is 1.35 bits per heavy atom. The van der Waals surface area contributed by atoms with Gasteiger partial charge in [-0.3, -0.25) is 9.69 Å². The first-order valence-corrected chi connectivity index (χ1v) is 7.02. The molecule has 0 fully saturated rings. The maximum Gasteiger partial charge on any atom is 0.410 e. The summed E-state index contributed by atoms with van der Waals surface area (Å²) in [4.78, 5) is 24.9. The van der Waals surface area contributed by atoms with Crippen molar-refractivity contribution in [2.24, 2.45) is 10.8 Å². The Kier molecular flexibility index (Phi) is 7.03. The monoisotopic (exact) mass is 287 g/mol. The third-order valence-corrected chi connectivity index (χ3v) is 2.25. The normalized spacial score (nSPS) is 11.9. The average molecular weight is 287 g/mol. The molecule has 0 aromatic carbocycles. The first-order valence-electron chi connectivity index (χ1n) is 7.02. The zero-order valence-corrected chi connectivity index (χ0v) is 13.9. The van der Waals surface area contributed by atoms with E-state index < -0.39 is 12.1 Å². The average Bonchev–Trinajstić information content (AvgIpc) is 2.28. The highest BCUT2D eigenvalue weighted by molar-refractivity contribution is 5.78. The van der Waals surface area contributed by atoms with Gasteiger partial charge in [-0.15, -0.1) is 0 Å². The van der Waals surface area contributed by atoms with E-state index >= 15 is 0 Å². The fraction of sp³-hybridized carbons (Fsp3) is 0.867. The maximum atomic E-state index is 11.9. The quantitative estimate of drug-likeness (QED) is 0.729. The number of nitrogens with zero attached hydrogens (tertiary/aromatic N) is 1. The number of amides is 1. The van der Waals surface area contributed by atoms with E-state index in [1.165, 1.54) is 4.90 Å². The largest absolute Gasteiger partial charge is 0.464 e. The Labute approximate surface area is 122 Å². The summed E-state index contributed by atoms with van der Waals surface area (Å²) < 4.78 is 10.3. The summed E-state index contributed by atoms with van der Waals surface area (Å²) in [5.41, 5.74) is -0.179. The fourth-order valence-corrected chi connectivity index (χ4v) is 1.17. The lowest BCUT2D eigenvalue weighted by molar-refractivity contribution is -0.147. The van der Waals surface area contributed by atoms with Crippen molar-refractivity contribution in [1.82, 2.24) is 4.90 Å². The van der Waals surface area contributed by atoms with Crippen LogP contribution in [-0.2, 0) is 14.3 Å². The van der Waals surface area contributed by atoms with Gasteiger partial charge in [-0.25, -0.2) is 4.79 Å². The van der Waals surface area contributed by atoms with Gasteiger partial charge in [-0.1, -0.05) is 41.5 Å². The molecule has 0 radical (unpaired) electrons. The Morgan fingerprint density at radius 3 is 1.75 bits per heavy atom. The van der Waals surface area contributed by atoms with Crippen LogP contribution in [0.1, 0.15) is 48.5 Å². The molecular weight excluding hydrogens is 258 g/mol.